The standard InChI is InChI=1S/C15H15BrN2O3/c16-10-7-12(17-11-4-2-1-3-9(10)11)15(20)18-13-8-21-6-5-14(13)19/h1-4,7,13-14,19H,5-6,8H2,(H,18,20)/t13-,14-/m0/s1. The summed E-state index contributed by atoms with van der Waals surface area (Å²) in [5.74, 6) is -0.309. The lowest BCUT2D eigenvalue weighted by atomic mass is 10.1. The average Bonchev–Trinajstić information content (AvgIpc) is 2.49. The summed E-state index contributed by atoms with van der Waals surface area (Å²) in [6.07, 6.45) is -0.0497. The fraction of sp³-hybridized carbons (Fsp3) is 0.333. The average molecular weight is 351 g/mol. The molecule has 5 nitrogen and oxygen atoms in total. The van der Waals surface area contributed by atoms with E-state index in [0.717, 1.165) is 15.4 Å². The van der Waals surface area contributed by atoms with Crippen molar-refractivity contribution in [3.63, 3.8) is 0 Å². The third-order valence-electron chi connectivity index (χ3n) is 3.53. The van der Waals surface area contributed by atoms with Crippen molar-refractivity contribution in [1.82, 2.24) is 10.3 Å². The molecular weight excluding hydrogens is 336 g/mol. The number of benzene rings is 1. The molecule has 2 heterocycles. The Kier molecular flexibility index (Phi) is 4.19. The van der Waals surface area contributed by atoms with Crippen LogP contribution < -0.4 is 5.32 Å². The Balaban J connectivity index is 1.84. The van der Waals surface area contributed by atoms with E-state index < -0.39 is 12.1 Å². The number of aliphatic hydroxyl groups excluding tert-OH is 1. The summed E-state index contributed by atoms with van der Waals surface area (Å²) >= 11 is 3.46. The van der Waals surface area contributed by atoms with Gasteiger partial charge in [0.1, 0.15) is 5.69 Å². The number of carbonyl (C=O) groups excluding carboxylic acids is 1. The summed E-state index contributed by atoms with van der Waals surface area (Å²) in [7, 11) is 0. The number of nitrogens with one attached hydrogen (secondary N) is 1. The minimum atomic E-state index is -0.577. The van der Waals surface area contributed by atoms with Gasteiger partial charge in [0, 0.05) is 16.5 Å². The number of aliphatic hydroxyl groups is 1. The number of hydrogen-bond donors (Lipinski definition) is 2. The second-order valence-corrected chi connectivity index (χ2v) is 5.87. The lowest BCUT2D eigenvalue weighted by Gasteiger charge is -2.28. The van der Waals surface area contributed by atoms with Crippen LogP contribution in [0.5, 0.6) is 0 Å². The van der Waals surface area contributed by atoms with Gasteiger partial charge in [0.15, 0.2) is 0 Å². The maximum atomic E-state index is 12.3. The van der Waals surface area contributed by atoms with Crippen molar-refractivity contribution >= 4 is 32.7 Å². The first-order valence-corrected chi connectivity index (χ1v) is 7.56. The second kappa shape index (κ2) is 6.09. The molecule has 1 amide bonds. The molecular formula is C15H15BrN2O3. The van der Waals surface area contributed by atoms with Crippen LogP contribution in [0.2, 0.25) is 0 Å². The Morgan fingerprint density at radius 2 is 2.24 bits per heavy atom. The van der Waals surface area contributed by atoms with Crippen LogP contribution in [0.1, 0.15) is 16.9 Å². The SMILES string of the molecule is O=C(N[C@H]1COCC[C@@H]1O)c1cc(Br)c2ccccc2n1. The Bertz CT molecular complexity index is 677. The number of ether oxygens (including phenoxy) is 1. The van der Waals surface area contributed by atoms with E-state index in [1.165, 1.54) is 0 Å². The number of fused-ring (bicyclic) bond motifs is 1. The van der Waals surface area contributed by atoms with E-state index >= 15 is 0 Å². The van der Waals surface area contributed by atoms with Crippen molar-refractivity contribution in [1.29, 1.82) is 0 Å². The molecule has 0 spiro atoms. The van der Waals surface area contributed by atoms with Crippen LogP contribution in [0, 0.1) is 0 Å². The number of amides is 1. The molecule has 0 radical (unpaired) electrons. The van der Waals surface area contributed by atoms with Gasteiger partial charge >= 0.3 is 0 Å². The number of rotatable bonds is 2. The zero-order valence-electron chi connectivity index (χ0n) is 11.3. The normalized spacial score (nSPS) is 22.2. The third kappa shape index (κ3) is 3.07. The predicted octanol–water partition coefficient (Wildman–Crippen LogP) is 1.88. The van der Waals surface area contributed by atoms with Crippen molar-refractivity contribution < 1.29 is 14.6 Å². The van der Waals surface area contributed by atoms with E-state index in [1.54, 1.807) is 6.07 Å². The molecule has 0 saturated carbocycles. The van der Waals surface area contributed by atoms with Crippen LogP contribution in [-0.2, 0) is 4.74 Å². The molecule has 2 atom stereocenters. The molecule has 0 unspecified atom stereocenters. The summed E-state index contributed by atoms with van der Waals surface area (Å²) in [5, 5.41) is 13.6. The van der Waals surface area contributed by atoms with E-state index in [0.29, 0.717) is 25.3 Å². The summed E-state index contributed by atoms with van der Waals surface area (Å²) in [5.41, 5.74) is 1.07. The number of nitrogens with zero attached hydrogens (tertiary/aromatic N) is 1. The van der Waals surface area contributed by atoms with Gasteiger partial charge in [0.05, 0.1) is 24.3 Å². The number of carbonyl (C=O) groups is 1. The van der Waals surface area contributed by atoms with Crippen molar-refractivity contribution in [3.8, 4) is 0 Å². The summed E-state index contributed by atoms with van der Waals surface area (Å²) in [6, 6.07) is 8.89. The van der Waals surface area contributed by atoms with Gasteiger partial charge in [0.2, 0.25) is 0 Å². The van der Waals surface area contributed by atoms with E-state index in [9.17, 15) is 9.90 Å². The minimum Gasteiger partial charge on any atom is -0.391 e. The van der Waals surface area contributed by atoms with E-state index in [1.807, 2.05) is 24.3 Å². The topological polar surface area (TPSA) is 71.5 Å². The van der Waals surface area contributed by atoms with Crippen LogP contribution in [0.3, 0.4) is 0 Å². The maximum absolute atomic E-state index is 12.3. The van der Waals surface area contributed by atoms with Gasteiger partial charge in [-0.25, -0.2) is 4.98 Å². The van der Waals surface area contributed by atoms with Gasteiger partial charge in [-0.3, -0.25) is 4.79 Å². The fourth-order valence-electron chi connectivity index (χ4n) is 2.36. The Hall–Kier alpha value is -1.50. The molecule has 2 aromatic rings. The van der Waals surface area contributed by atoms with Gasteiger partial charge in [-0.05, 0) is 18.6 Å². The van der Waals surface area contributed by atoms with Crippen LogP contribution >= 0.6 is 15.9 Å². The highest BCUT2D eigenvalue weighted by molar-refractivity contribution is 9.10. The van der Waals surface area contributed by atoms with Crippen LogP contribution in [0.25, 0.3) is 10.9 Å². The Morgan fingerprint density at radius 1 is 1.43 bits per heavy atom. The molecule has 1 aromatic heterocycles. The highest BCUT2D eigenvalue weighted by Gasteiger charge is 2.26. The minimum absolute atomic E-state index is 0.309. The maximum Gasteiger partial charge on any atom is 0.270 e. The third-order valence-corrected chi connectivity index (χ3v) is 4.19. The van der Waals surface area contributed by atoms with Gasteiger partial charge in [-0.2, -0.15) is 0 Å². The molecule has 3 rings (SSSR count). The molecule has 1 aliphatic heterocycles. The predicted molar refractivity (Wildman–Crippen MR) is 82.1 cm³/mol. The van der Waals surface area contributed by atoms with Crippen molar-refractivity contribution in [2.24, 2.45) is 0 Å². The van der Waals surface area contributed by atoms with Gasteiger partial charge in [-0.15, -0.1) is 0 Å². The number of halogens is 1. The summed E-state index contributed by atoms with van der Waals surface area (Å²) < 4.78 is 6.10. The van der Waals surface area contributed by atoms with Crippen LogP contribution in [-0.4, -0.2) is 41.4 Å². The van der Waals surface area contributed by atoms with Gasteiger partial charge in [0.25, 0.3) is 5.91 Å². The van der Waals surface area contributed by atoms with E-state index in [2.05, 4.69) is 26.2 Å². The molecule has 0 aliphatic carbocycles. The van der Waals surface area contributed by atoms with Gasteiger partial charge < -0.3 is 15.2 Å². The monoisotopic (exact) mass is 350 g/mol. The zero-order valence-corrected chi connectivity index (χ0v) is 12.8. The highest BCUT2D eigenvalue weighted by Crippen LogP contribution is 2.23. The van der Waals surface area contributed by atoms with Crippen molar-refractivity contribution in [2.45, 2.75) is 18.6 Å². The van der Waals surface area contributed by atoms with Crippen molar-refractivity contribution in [3.05, 3.63) is 40.5 Å². The van der Waals surface area contributed by atoms with Crippen molar-refractivity contribution in [2.75, 3.05) is 13.2 Å². The number of hydrogen-bond acceptors (Lipinski definition) is 4. The van der Waals surface area contributed by atoms with Gasteiger partial charge in [-0.1, -0.05) is 34.1 Å². The fourth-order valence-corrected chi connectivity index (χ4v) is 2.91. The molecule has 2 N–H and O–H groups in total. The molecule has 1 fully saturated rings. The second-order valence-electron chi connectivity index (χ2n) is 5.02. The number of aromatic nitrogens is 1. The molecule has 1 aromatic carbocycles. The first-order valence-electron chi connectivity index (χ1n) is 6.77. The molecule has 6 heteroatoms. The van der Waals surface area contributed by atoms with Crippen LogP contribution in [0.4, 0.5) is 0 Å². The first kappa shape index (κ1) is 14.4. The molecule has 1 saturated heterocycles. The lowest BCUT2D eigenvalue weighted by Crippen LogP contribution is -2.49. The lowest BCUT2D eigenvalue weighted by molar-refractivity contribution is -0.0140. The quantitative estimate of drug-likeness (QED) is 0.867. The Morgan fingerprint density at radius 3 is 3.05 bits per heavy atom. The zero-order chi connectivity index (χ0) is 14.8. The smallest absolute Gasteiger partial charge is 0.270 e. The molecule has 110 valence electrons. The van der Waals surface area contributed by atoms with E-state index in [4.69, 9.17) is 4.74 Å². The summed E-state index contributed by atoms with van der Waals surface area (Å²) in [4.78, 5) is 16.7. The summed E-state index contributed by atoms with van der Waals surface area (Å²) in [6.45, 7) is 0.842. The Labute approximate surface area is 130 Å². The number of pyridine rings is 1. The highest BCUT2D eigenvalue weighted by atomic mass is 79.9. The largest absolute Gasteiger partial charge is 0.391 e. The molecule has 1 aliphatic rings. The van der Waals surface area contributed by atoms with E-state index in [-0.39, 0.29) is 5.91 Å². The number of para-hydroxylation sites is 1. The van der Waals surface area contributed by atoms with Crippen LogP contribution in [0.15, 0.2) is 34.8 Å². The molecule has 21 heavy (non-hydrogen) atoms. The first-order chi connectivity index (χ1) is 10.1. The molecule has 0 bridgehead atoms.